The number of imidazole rings is 1. The van der Waals surface area contributed by atoms with Crippen LogP contribution in [0.25, 0.3) is 11.4 Å². The average Bonchev–Trinajstić information content (AvgIpc) is 3.16. The van der Waals surface area contributed by atoms with Gasteiger partial charge in [0.25, 0.3) is 0 Å². The molecule has 0 bridgehead atoms. The number of rotatable bonds is 5. The van der Waals surface area contributed by atoms with Crippen LogP contribution >= 0.6 is 0 Å². The zero-order valence-electron chi connectivity index (χ0n) is 12.7. The van der Waals surface area contributed by atoms with Crippen molar-refractivity contribution in [1.82, 2.24) is 19.4 Å². The van der Waals surface area contributed by atoms with Gasteiger partial charge in [0.05, 0.1) is 7.11 Å². The number of pyridine rings is 1. The van der Waals surface area contributed by atoms with Crippen molar-refractivity contribution in [1.29, 1.82) is 0 Å². The molecule has 1 atom stereocenters. The summed E-state index contributed by atoms with van der Waals surface area (Å²) in [7, 11) is 1.64. The van der Waals surface area contributed by atoms with Gasteiger partial charge in [0, 0.05) is 42.8 Å². The van der Waals surface area contributed by atoms with Gasteiger partial charge in [0.2, 0.25) is 5.88 Å². The number of hydrogen-bond acceptors (Lipinski definition) is 4. The van der Waals surface area contributed by atoms with Crippen molar-refractivity contribution in [3.63, 3.8) is 0 Å². The Balaban J connectivity index is 1.83. The smallest absolute Gasteiger partial charge is 0.213 e. The van der Waals surface area contributed by atoms with Crippen LogP contribution in [0, 0.1) is 0 Å². The predicted octanol–water partition coefficient (Wildman–Crippen LogP) is 2.44. The summed E-state index contributed by atoms with van der Waals surface area (Å²) < 4.78 is 7.45. The van der Waals surface area contributed by atoms with E-state index in [4.69, 9.17) is 4.74 Å². The minimum atomic E-state index is 0.617. The first kappa shape index (κ1) is 14.1. The summed E-state index contributed by atoms with van der Waals surface area (Å²) in [6, 6.07) is 4.53. The molecule has 5 heteroatoms. The van der Waals surface area contributed by atoms with E-state index in [9.17, 15) is 0 Å². The molecule has 3 rings (SSSR count). The molecule has 1 unspecified atom stereocenters. The Hall–Kier alpha value is -1.88. The van der Waals surface area contributed by atoms with E-state index in [0.29, 0.717) is 11.9 Å². The third-order valence-corrected chi connectivity index (χ3v) is 4.23. The molecular formula is C16H22N4O. The summed E-state index contributed by atoms with van der Waals surface area (Å²) in [6.45, 7) is 5.57. The number of nitrogens with zero attached hydrogens (tertiary/aromatic N) is 4. The van der Waals surface area contributed by atoms with Gasteiger partial charge in [-0.2, -0.15) is 0 Å². The first-order valence-electron chi connectivity index (χ1n) is 7.57. The van der Waals surface area contributed by atoms with Gasteiger partial charge < -0.3 is 9.30 Å². The van der Waals surface area contributed by atoms with E-state index in [1.54, 1.807) is 13.3 Å². The number of aromatic nitrogens is 3. The second-order valence-corrected chi connectivity index (χ2v) is 5.41. The summed E-state index contributed by atoms with van der Waals surface area (Å²) in [5, 5.41) is 0. The fourth-order valence-corrected chi connectivity index (χ4v) is 3.12. The Morgan fingerprint density at radius 1 is 1.33 bits per heavy atom. The highest BCUT2D eigenvalue weighted by atomic mass is 16.5. The Kier molecular flexibility index (Phi) is 4.20. The van der Waals surface area contributed by atoms with Crippen molar-refractivity contribution in [2.24, 2.45) is 0 Å². The standard InChI is InChI=1S/C16H22N4O/c1-3-19-9-4-5-14(19)12-20-10-8-18-16(20)13-6-7-17-15(11-13)21-2/h6-8,10-11,14H,3-5,9,12H2,1-2H3. The first-order valence-corrected chi connectivity index (χ1v) is 7.57. The normalized spacial score (nSPS) is 19.0. The van der Waals surface area contributed by atoms with Gasteiger partial charge in [-0.15, -0.1) is 0 Å². The lowest BCUT2D eigenvalue weighted by Crippen LogP contribution is -2.32. The lowest BCUT2D eigenvalue weighted by atomic mass is 10.2. The zero-order valence-corrected chi connectivity index (χ0v) is 12.7. The van der Waals surface area contributed by atoms with Crippen LogP contribution in [0.4, 0.5) is 0 Å². The number of methoxy groups -OCH3 is 1. The van der Waals surface area contributed by atoms with Gasteiger partial charge in [-0.3, -0.25) is 4.90 Å². The Labute approximate surface area is 125 Å². The van der Waals surface area contributed by atoms with E-state index in [2.05, 4.69) is 32.6 Å². The van der Waals surface area contributed by atoms with Gasteiger partial charge in [-0.05, 0) is 32.0 Å². The van der Waals surface area contributed by atoms with Crippen LogP contribution in [0.5, 0.6) is 5.88 Å². The molecule has 0 amide bonds. The zero-order chi connectivity index (χ0) is 14.7. The molecule has 5 nitrogen and oxygen atoms in total. The number of likely N-dealkylation sites (tertiary alicyclic amines) is 1. The summed E-state index contributed by atoms with van der Waals surface area (Å²) in [4.78, 5) is 11.2. The number of likely N-dealkylation sites (N-methyl/N-ethyl adjacent to an activating group) is 1. The van der Waals surface area contributed by atoms with Gasteiger partial charge in [0.15, 0.2) is 0 Å². The molecule has 1 fully saturated rings. The third kappa shape index (κ3) is 2.93. The van der Waals surface area contributed by atoms with Crippen LogP contribution in [-0.4, -0.2) is 45.7 Å². The minimum Gasteiger partial charge on any atom is -0.481 e. The van der Waals surface area contributed by atoms with Crippen LogP contribution in [-0.2, 0) is 6.54 Å². The Morgan fingerprint density at radius 2 is 2.24 bits per heavy atom. The molecule has 0 aliphatic carbocycles. The fraction of sp³-hybridized carbons (Fsp3) is 0.500. The van der Waals surface area contributed by atoms with Crippen molar-refractivity contribution in [2.75, 3.05) is 20.2 Å². The summed E-state index contributed by atoms with van der Waals surface area (Å²) in [6.07, 6.45) is 8.26. The van der Waals surface area contributed by atoms with E-state index in [1.165, 1.54) is 19.4 Å². The molecule has 1 saturated heterocycles. The molecule has 112 valence electrons. The molecule has 2 aromatic heterocycles. The van der Waals surface area contributed by atoms with Gasteiger partial charge in [-0.25, -0.2) is 9.97 Å². The highest BCUT2D eigenvalue weighted by Crippen LogP contribution is 2.24. The highest BCUT2D eigenvalue weighted by molar-refractivity contribution is 5.56. The maximum atomic E-state index is 5.20. The average molecular weight is 286 g/mol. The first-order chi connectivity index (χ1) is 10.3. The molecule has 1 aliphatic heterocycles. The third-order valence-electron chi connectivity index (χ3n) is 4.23. The molecule has 1 aliphatic rings. The van der Waals surface area contributed by atoms with Crippen molar-refractivity contribution in [2.45, 2.75) is 32.4 Å². The summed E-state index contributed by atoms with van der Waals surface area (Å²) in [5.41, 5.74) is 1.05. The second kappa shape index (κ2) is 6.26. The molecule has 0 aromatic carbocycles. The van der Waals surface area contributed by atoms with Crippen LogP contribution in [0.2, 0.25) is 0 Å². The molecule has 3 heterocycles. The minimum absolute atomic E-state index is 0.617. The maximum absolute atomic E-state index is 5.20. The van der Waals surface area contributed by atoms with E-state index in [-0.39, 0.29) is 0 Å². The SMILES string of the molecule is CCN1CCCC1Cn1ccnc1-c1ccnc(OC)c1. The van der Waals surface area contributed by atoms with E-state index < -0.39 is 0 Å². The number of hydrogen-bond donors (Lipinski definition) is 0. The molecule has 2 aromatic rings. The molecule has 0 saturated carbocycles. The fourth-order valence-electron chi connectivity index (χ4n) is 3.12. The molecular weight excluding hydrogens is 264 g/mol. The summed E-state index contributed by atoms with van der Waals surface area (Å²) in [5.74, 6) is 1.61. The second-order valence-electron chi connectivity index (χ2n) is 5.41. The lowest BCUT2D eigenvalue weighted by molar-refractivity contribution is 0.245. The molecule has 21 heavy (non-hydrogen) atoms. The van der Waals surface area contributed by atoms with Gasteiger partial charge in [0.1, 0.15) is 5.82 Å². The van der Waals surface area contributed by atoms with E-state index >= 15 is 0 Å². The number of ether oxygens (including phenoxy) is 1. The van der Waals surface area contributed by atoms with E-state index in [1.807, 2.05) is 18.3 Å². The van der Waals surface area contributed by atoms with Crippen molar-refractivity contribution in [3.05, 3.63) is 30.7 Å². The van der Waals surface area contributed by atoms with Crippen LogP contribution in [0.15, 0.2) is 30.7 Å². The predicted molar refractivity (Wildman–Crippen MR) is 82.3 cm³/mol. The topological polar surface area (TPSA) is 43.2 Å². The van der Waals surface area contributed by atoms with Crippen LogP contribution in [0.3, 0.4) is 0 Å². The quantitative estimate of drug-likeness (QED) is 0.846. The summed E-state index contributed by atoms with van der Waals surface area (Å²) >= 11 is 0. The van der Waals surface area contributed by atoms with E-state index in [0.717, 1.165) is 24.5 Å². The van der Waals surface area contributed by atoms with Crippen molar-refractivity contribution < 1.29 is 4.74 Å². The van der Waals surface area contributed by atoms with Crippen LogP contribution in [0.1, 0.15) is 19.8 Å². The van der Waals surface area contributed by atoms with Crippen molar-refractivity contribution in [3.8, 4) is 17.3 Å². The van der Waals surface area contributed by atoms with Crippen molar-refractivity contribution >= 4 is 0 Å². The largest absolute Gasteiger partial charge is 0.481 e. The molecule has 0 radical (unpaired) electrons. The monoisotopic (exact) mass is 286 g/mol. The lowest BCUT2D eigenvalue weighted by Gasteiger charge is -2.23. The van der Waals surface area contributed by atoms with Gasteiger partial charge in [-0.1, -0.05) is 6.92 Å². The molecule has 0 N–H and O–H groups in total. The maximum Gasteiger partial charge on any atom is 0.213 e. The molecule has 0 spiro atoms. The Morgan fingerprint density at radius 3 is 3.05 bits per heavy atom. The van der Waals surface area contributed by atoms with Crippen LogP contribution < -0.4 is 4.74 Å². The van der Waals surface area contributed by atoms with Gasteiger partial charge >= 0.3 is 0 Å². The highest BCUT2D eigenvalue weighted by Gasteiger charge is 2.24. The Bertz CT molecular complexity index is 595.